The molecule has 5 heteroatoms. The second-order valence-electron chi connectivity index (χ2n) is 5.50. The summed E-state index contributed by atoms with van der Waals surface area (Å²) in [5, 5.41) is 0.169. The molecule has 152 valence electrons. The van der Waals surface area contributed by atoms with Gasteiger partial charge < -0.3 is 10.6 Å². The average molecular weight is 405 g/mol. The molecule has 0 aromatic heterocycles. The minimum Gasteiger partial charge on any atom is -0.398 e. The van der Waals surface area contributed by atoms with Crippen LogP contribution in [0.2, 0.25) is 5.02 Å². The number of ketones is 1. The summed E-state index contributed by atoms with van der Waals surface area (Å²) < 4.78 is 14.2. The lowest BCUT2D eigenvalue weighted by Crippen LogP contribution is -2.16. The van der Waals surface area contributed by atoms with Crippen molar-refractivity contribution in [1.82, 2.24) is 4.90 Å². The van der Waals surface area contributed by atoms with E-state index in [2.05, 4.69) is 19.7 Å². The number of hydrogen-bond acceptors (Lipinski definition) is 3. The van der Waals surface area contributed by atoms with E-state index < -0.39 is 5.82 Å². The molecule has 2 N–H and O–H groups in total. The van der Waals surface area contributed by atoms with E-state index >= 15 is 0 Å². The molecule has 3 nitrogen and oxygen atoms in total. The third kappa shape index (κ3) is 5.96. The molecule has 0 radical (unpaired) electrons. The van der Waals surface area contributed by atoms with Crippen molar-refractivity contribution in [2.45, 2.75) is 40.5 Å². The quantitative estimate of drug-likeness (QED) is 0.330. The second-order valence-corrected chi connectivity index (χ2v) is 5.88. The number of hydrogen-bond donors (Lipinski definition) is 1. The topological polar surface area (TPSA) is 46.3 Å². The molecule has 1 aliphatic rings. The lowest BCUT2D eigenvalue weighted by Gasteiger charge is -2.25. The van der Waals surface area contributed by atoms with Gasteiger partial charge in [-0.25, -0.2) is 4.39 Å². The normalized spacial score (nSPS) is 14.1. The third-order valence-electron chi connectivity index (χ3n) is 3.82. The summed E-state index contributed by atoms with van der Waals surface area (Å²) in [7, 11) is 0. The number of halogens is 2. The van der Waals surface area contributed by atoms with Gasteiger partial charge in [0.15, 0.2) is 5.78 Å². The Labute approximate surface area is 173 Å². The van der Waals surface area contributed by atoms with Crippen LogP contribution in [0.1, 0.15) is 46.1 Å². The van der Waals surface area contributed by atoms with Gasteiger partial charge in [0.1, 0.15) is 5.82 Å². The Hall–Kier alpha value is -2.59. The molecule has 0 saturated heterocycles. The summed E-state index contributed by atoms with van der Waals surface area (Å²) in [5.74, 6) is -0.449. The van der Waals surface area contributed by atoms with Gasteiger partial charge in [0.25, 0.3) is 0 Å². The zero-order chi connectivity index (χ0) is 21.9. The van der Waals surface area contributed by atoms with Crippen molar-refractivity contribution < 1.29 is 9.18 Å². The van der Waals surface area contributed by atoms with E-state index in [9.17, 15) is 9.18 Å². The first-order chi connectivity index (χ1) is 13.4. The predicted molar refractivity (Wildman–Crippen MR) is 120 cm³/mol. The molecule has 0 fully saturated rings. The van der Waals surface area contributed by atoms with Gasteiger partial charge in [-0.1, -0.05) is 51.4 Å². The molecule has 1 aromatic rings. The van der Waals surface area contributed by atoms with Crippen LogP contribution in [0.25, 0.3) is 5.57 Å². The lowest BCUT2D eigenvalue weighted by atomic mass is 9.98. The number of Topliss-reactive ketones (excluding diaryl/α,β-unsaturated/α-hetero) is 1. The van der Waals surface area contributed by atoms with Gasteiger partial charge >= 0.3 is 0 Å². The van der Waals surface area contributed by atoms with Crippen LogP contribution in [-0.4, -0.2) is 10.7 Å². The Morgan fingerprint density at radius 1 is 1.29 bits per heavy atom. The van der Waals surface area contributed by atoms with Crippen molar-refractivity contribution in [2.24, 2.45) is 0 Å². The lowest BCUT2D eigenvalue weighted by molar-refractivity contribution is -0.113. The molecular weight excluding hydrogens is 375 g/mol. The first-order valence-corrected chi connectivity index (χ1v) is 9.57. The number of nitrogens with zero attached hydrogens (tertiary/aromatic N) is 1. The molecule has 28 heavy (non-hydrogen) atoms. The molecule has 2 rings (SSSR count). The molecule has 1 aromatic carbocycles. The van der Waals surface area contributed by atoms with Crippen molar-refractivity contribution in [3.63, 3.8) is 0 Å². The SMILES string of the molecule is C=C.C=CN1C=C(c2c(F)ccc(N)c2Cl)C=C/C1=C(/CCC)C(C)=O.CC. The zero-order valence-corrected chi connectivity index (χ0v) is 17.9. The van der Waals surface area contributed by atoms with E-state index in [0.717, 1.165) is 12.1 Å². The van der Waals surface area contributed by atoms with Crippen molar-refractivity contribution in [3.05, 3.63) is 84.1 Å². The molecule has 0 bridgehead atoms. The summed E-state index contributed by atoms with van der Waals surface area (Å²) in [6, 6.07) is 2.72. The average Bonchev–Trinajstić information content (AvgIpc) is 2.72. The minimum absolute atomic E-state index is 0.00775. The van der Waals surface area contributed by atoms with E-state index in [4.69, 9.17) is 17.3 Å². The van der Waals surface area contributed by atoms with Gasteiger partial charge in [0, 0.05) is 29.1 Å². The second kappa shape index (κ2) is 12.7. The zero-order valence-electron chi connectivity index (χ0n) is 17.2. The van der Waals surface area contributed by atoms with E-state index in [-0.39, 0.29) is 16.4 Å². The van der Waals surface area contributed by atoms with Crippen molar-refractivity contribution >= 4 is 28.6 Å². The number of benzene rings is 1. The van der Waals surface area contributed by atoms with Crippen molar-refractivity contribution in [2.75, 3.05) is 5.73 Å². The maximum absolute atomic E-state index is 14.2. The molecule has 0 aliphatic carbocycles. The Bertz CT molecular complexity index is 794. The molecule has 0 amide bonds. The van der Waals surface area contributed by atoms with Crippen LogP contribution < -0.4 is 5.73 Å². The standard InChI is InChI=1S/C19H20ClFN2O.C2H6.C2H4/c1-4-6-14(12(3)24)17-10-7-13(11-23(17)5-2)18-15(21)8-9-16(22)19(18)20;2*1-2/h5,7-11H,2,4,6,22H2,1,3H3;1-2H3;1-2H2/b17-14+;;. The van der Waals surface area contributed by atoms with E-state index in [0.29, 0.717) is 23.3 Å². The molecule has 0 spiro atoms. The molecule has 0 atom stereocenters. The fraction of sp³-hybridized carbons (Fsp3) is 0.261. The third-order valence-corrected chi connectivity index (χ3v) is 4.22. The fourth-order valence-corrected chi connectivity index (χ4v) is 2.90. The summed E-state index contributed by atoms with van der Waals surface area (Å²) in [6.07, 6.45) is 8.31. The highest BCUT2D eigenvalue weighted by molar-refractivity contribution is 6.35. The molecule has 1 heterocycles. The van der Waals surface area contributed by atoms with Gasteiger partial charge in [-0.3, -0.25) is 4.79 Å². The first kappa shape index (κ1) is 25.4. The van der Waals surface area contributed by atoms with Crippen LogP contribution >= 0.6 is 11.6 Å². The van der Waals surface area contributed by atoms with Crippen LogP contribution in [0.15, 0.2) is 67.7 Å². The molecular formula is C23H30ClFN2O. The predicted octanol–water partition coefficient (Wildman–Crippen LogP) is 6.89. The summed E-state index contributed by atoms with van der Waals surface area (Å²) >= 11 is 6.17. The maximum Gasteiger partial charge on any atom is 0.157 e. The minimum atomic E-state index is -0.457. The van der Waals surface area contributed by atoms with Crippen LogP contribution in [0.4, 0.5) is 10.1 Å². The largest absolute Gasteiger partial charge is 0.398 e. The van der Waals surface area contributed by atoms with Gasteiger partial charge in [-0.2, -0.15) is 0 Å². The van der Waals surface area contributed by atoms with E-state index in [1.54, 1.807) is 36.4 Å². The highest BCUT2D eigenvalue weighted by atomic mass is 35.5. The number of anilines is 1. The fourth-order valence-electron chi connectivity index (χ4n) is 2.64. The van der Waals surface area contributed by atoms with E-state index in [1.165, 1.54) is 12.1 Å². The Morgan fingerprint density at radius 2 is 1.89 bits per heavy atom. The molecule has 0 saturated carbocycles. The van der Waals surface area contributed by atoms with E-state index in [1.807, 2.05) is 20.8 Å². The van der Waals surface area contributed by atoms with Crippen LogP contribution in [0, 0.1) is 5.82 Å². The highest BCUT2D eigenvalue weighted by Gasteiger charge is 2.20. The number of nitrogen functional groups attached to an aromatic ring is 1. The number of nitrogens with two attached hydrogens (primary N) is 1. The monoisotopic (exact) mass is 404 g/mol. The van der Waals surface area contributed by atoms with Crippen molar-refractivity contribution in [1.29, 1.82) is 0 Å². The summed E-state index contributed by atoms with van der Waals surface area (Å²) in [4.78, 5) is 13.6. The van der Waals surface area contributed by atoms with Crippen LogP contribution in [0.5, 0.6) is 0 Å². The van der Waals surface area contributed by atoms with Crippen LogP contribution in [-0.2, 0) is 4.79 Å². The van der Waals surface area contributed by atoms with Gasteiger partial charge in [-0.15, -0.1) is 13.2 Å². The Kier molecular flexibility index (Phi) is 11.6. The number of allylic oxidation sites excluding steroid dienone is 4. The van der Waals surface area contributed by atoms with Gasteiger partial charge in [0.05, 0.1) is 16.4 Å². The summed E-state index contributed by atoms with van der Waals surface area (Å²) in [5.41, 5.74) is 8.34. The molecule has 1 aliphatic heterocycles. The summed E-state index contributed by atoms with van der Waals surface area (Å²) in [6.45, 7) is 17.3. The Balaban J connectivity index is 0.00000171. The number of carbonyl (C=O) groups is 1. The van der Waals surface area contributed by atoms with Gasteiger partial charge in [0.2, 0.25) is 0 Å². The maximum atomic E-state index is 14.2. The number of carbonyl (C=O) groups excluding carboxylic acids is 1. The van der Waals surface area contributed by atoms with Crippen LogP contribution in [0.3, 0.4) is 0 Å². The smallest absolute Gasteiger partial charge is 0.157 e. The molecule has 0 unspecified atom stereocenters. The number of rotatable bonds is 5. The Morgan fingerprint density at radius 3 is 2.39 bits per heavy atom. The first-order valence-electron chi connectivity index (χ1n) is 9.19. The van der Waals surface area contributed by atoms with Crippen molar-refractivity contribution in [3.8, 4) is 0 Å². The highest BCUT2D eigenvalue weighted by Crippen LogP contribution is 2.35. The van der Waals surface area contributed by atoms with Gasteiger partial charge in [-0.05, 0) is 31.6 Å².